The van der Waals surface area contributed by atoms with Gasteiger partial charge < -0.3 is 15.2 Å². The van der Waals surface area contributed by atoms with Gasteiger partial charge in [-0.05, 0) is 70.3 Å². The maximum absolute atomic E-state index is 12.5. The fourth-order valence-corrected chi connectivity index (χ4v) is 4.85. The summed E-state index contributed by atoms with van der Waals surface area (Å²) in [6, 6.07) is 0. The lowest BCUT2D eigenvalue weighted by atomic mass is 10.1. The average molecular weight is 604 g/mol. The maximum Gasteiger partial charge on any atom is 0.322 e. The number of amides is 1. The first-order valence-electron chi connectivity index (χ1n) is 17.6. The van der Waals surface area contributed by atoms with Crippen molar-refractivity contribution in [3.8, 4) is 0 Å². The van der Waals surface area contributed by atoms with Gasteiger partial charge in [-0.3, -0.25) is 14.4 Å². The summed E-state index contributed by atoms with van der Waals surface area (Å²) in [5.74, 6) is -1.35. The predicted octanol–water partition coefficient (Wildman–Crippen LogP) is 10.2. The molecule has 6 nitrogen and oxygen atoms in total. The first-order chi connectivity index (χ1) is 21.0. The minimum Gasteiger partial charge on any atom is -0.480 e. The Balaban J connectivity index is 3.91. The normalized spacial score (nSPS) is 12.4. The first kappa shape index (κ1) is 40.6. The van der Waals surface area contributed by atoms with E-state index in [4.69, 9.17) is 9.84 Å². The smallest absolute Gasteiger partial charge is 0.322 e. The van der Waals surface area contributed by atoms with Crippen LogP contribution in [0.1, 0.15) is 168 Å². The molecule has 0 aromatic heterocycles. The van der Waals surface area contributed by atoms with Crippen LogP contribution in [-0.4, -0.2) is 35.6 Å². The molecule has 0 aromatic carbocycles. The number of carboxylic acids is 1. The Kier molecular flexibility index (Phi) is 30.7. The summed E-state index contributed by atoms with van der Waals surface area (Å²) < 4.78 is 5.81. The largest absolute Gasteiger partial charge is 0.480 e. The van der Waals surface area contributed by atoms with Crippen LogP contribution in [0.4, 0.5) is 0 Å². The Morgan fingerprint density at radius 3 is 1.79 bits per heavy atom. The Morgan fingerprint density at radius 1 is 0.628 bits per heavy atom. The van der Waals surface area contributed by atoms with E-state index in [2.05, 4.69) is 49.5 Å². The number of hydrogen-bond donors (Lipinski definition) is 2. The van der Waals surface area contributed by atoms with Crippen molar-refractivity contribution in [2.24, 2.45) is 0 Å². The number of hydrogen-bond acceptors (Lipinski definition) is 4. The molecule has 6 heteroatoms. The molecule has 0 rings (SSSR count). The van der Waals surface area contributed by atoms with Crippen LogP contribution in [0.25, 0.3) is 0 Å². The molecule has 1 amide bonds. The van der Waals surface area contributed by atoms with Crippen LogP contribution in [0, 0.1) is 0 Å². The van der Waals surface area contributed by atoms with E-state index >= 15 is 0 Å². The van der Waals surface area contributed by atoms with Gasteiger partial charge in [-0.1, -0.05) is 121 Å². The molecule has 0 aliphatic heterocycles. The van der Waals surface area contributed by atoms with Crippen molar-refractivity contribution in [1.29, 1.82) is 0 Å². The molecular formula is C37H65NO5. The number of nitrogens with one attached hydrogen (secondary N) is 1. The lowest BCUT2D eigenvalue weighted by Gasteiger charge is -2.15. The maximum atomic E-state index is 12.5. The Labute approximate surface area is 264 Å². The van der Waals surface area contributed by atoms with Gasteiger partial charge in [0.2, 0.25) is 5.91 Å². The van der Waals surface area contributed by atoms with Crippen molar-refractivity contribution in [1.82, 2.24) is 5.32 Å². The molecule has 0 aromatic rings. The zero-order valence-corrected chi connectivity index (χ0v) is 27.8. The molecule has 1 unspecified atom stereocenters. The van der Waals surface area contributed by atoms with Crippen LogP contribution in [-0.2, 0) is 19.1 Å². The SMILES string of the molecule is CCCC/C=C\C(CCCCCCC(=O)NCC(=O)O)OC(=O)CCCCCCCCC/C=C\C/C=C\CCCCCC. The van der Waals surface area contributed by atoms with Crippen molar-refractivity contribution in [3.63, 3.8) is 0 Å². The number of unbranched alkanes of at least 4 members (excludes halogenated alkanes) is 16. The second-order valence-corrected chi connectivity index (χ2v) is 11.8. The zero-order chi connectivity index (χ0) is 31.6. The van der Waals surface area contributed by atoms with Crippen LogP contribution in [0.2, 0.25) is 0 Å². The minimum atomic E-state index is -1.03. The molecule has 0 spiro atoms. The Morgan fingerprint density at radius 2 is 1.16 bits per heavy atom. The van der Waals surface area contributed by atoms with Crippen molar-refractivity contribution < 1.29 is 24.2 Å². The zero-order valence-electron chi connectivity index (χ0n) is 27.8. The number of carbonyl (C=O) groups excluding carboxylic acids is 2. The average Bonchev–Trinajstić information content (AvgIpc) is 2.99. The second kappa shape index (κ2) is 32.5. The Bertz CT molecular complexity index is 758. The first-order valence-corrected chi connectivity index (χ1v) is 17.6. The molecule has 43 heavy (non-hydrogen) atoms. The van der Waals surface area contributed by atoms with Gasteiger partial charge in [0.25, 0.3) is 0 Å². The number of allylic oxidation sites excluding steroid dienone is 5. The third-order valence-electron chi connectivity index (χ3n) is 7.52. The quantitative estimate of drug-likeness (QED) is 0.0467. The van der Waals surface area contributed by atoms with Crippen molar-refractivity contribution >= 4 is 17.8 Å². The topological polar surface area (TPSA) is 92.7 Å². The number of aliphatic carboxylic acids is 1. The van der Waals surface area contributed by atoms with E-state index in [9.17, 15) is 14.4 Å². The highest BCUT2D eigenvalue weighted by atomic mass is 16.5. The molecule has 0 heterocycles. The van der Waals surface area contributed by atoms with Gasteiger partial charge in [0, 0.05) is 12.8 Å². The second-order valence-electron chi connectivity index (χ2n) is 11.8. The standard InChI is InChI=1S/C37H65NO5/c1-3-5-7-9-10-11-12-13-14-15-16-17-18-19-20-21-22-28-32-37(42)43-34(29-25-8-6-4-2)30-26-23-24-27-31-35(39)38-33-36(40)41/h11-12,14-15,25,29,34H,3-10,13,16-24,26-28,30-33H2,1-2H3,(H,38,39)(H,40,41)/b12-11-,15-14-,29-25-. The summed E-state index contributed by atoms with van der Waals surface area (Å²) in [6.45, 7) is 4.10. The van der Waals surface area contributed by atoms with Gasteiger partial charge in [0.1, 0.15) is 12.6 Å². The fraction of sp³-hybridized carbons (Fsp3) is 0.757. The summed E-state index contributed by atoms with van der Waals surface area (Å²) in [4.78, 5) is 34.6. The van der Waals surface area contributed by atoms with Gasteiger partial charge in [-0.15, -0.1) is 0 Å². The summed E-state index contributed by atoms with van der Waals surface area (Å²) in [6.07, 6.45) is 38.7. The van der Waals surface area contributed by atoms with E-state index in [0.29, 0.717) is 12.8 Å². The highest BCUT2D eigenvalue weighted by molar-refractivity contribution is 5.80. The van der Waals surface area contributed by atoms with Crippen molar-refractivity contribution in [2.45, 2.75) is 174 Å². The number of carbonyl (C=O) groups is 3. The number of esters is 1. The molecule has 0 fully saturated rings. The lowest BCUT2D eigenvalue weighted by molar-refractivity contribution is -0.147. The highest BCUT2D eigenvalue weighted by Gasteiger charge is 2.12. The Hall–Kier alpha value is -2.37. The van der Waals surface area contributed by atoms with Gasteiger partial charge in [0.15, 0.2) is 0 Å². The molecule has 0 radical (unpaired) electrons. The van der Waals surface area contributed by atoms with Gasteiger partial charge >= 0.3 is 11.9 Å². The molecule has 0 saturated carbocycles. The van der Waals surface area contributed by atoms with Crippen LogP contribution in [0.3, 0.4) is 0 Å². The monoisotopic (exact) mass is 603 g/mol. The highest BCUT2D eigenvalue weighted by Crippen LogP contribution is 2.15. The van der Waals surface area contributed by atoms with E-state index < -0.39 is 5.97 Å². The summed E-state index contributed by atoms with van der Waals surface area (Å²) in [5.41, 5.74) is 0. The van der Waals surface area contributed by atoms with E-state index in [0.717, 1.165) is 70.6 Å². The molecule has 248 valence electrons. The lowest BCUT2D eigenvalue weighted by Crippen LogP contribution is -2.28. The number of ether oxygens (including phenoxy) is 1. The fourth-order valence-electron chi connectivity index (χ4n) is 4.85. The molecule has 0 saturated heterocycles. The molecule has 0 aliphatic rings. The number of rotatable bonds is 31. The third kappa shape index (κ3) is 32.4. The van der Waals surface area contributed by atoms with E-state index in [1.54, 1.807) is 0 Å². The third-order valence-corrected chi connectivity index (χ3v) is 7.52. The van der Waals surface area contributed by atoms with Crippen LogP contribution < -0.4 is 5.32 Å². The van der Waals surface area contributed by atoms with Crippen LogP contribution in [0.5, 0.6) is 0 Å². The van der Waals surface area contributed by atoms with E-state index in [1.807, 2.05) is 6.08 Å². The van der Waals surface area contributed by atoms with E-state index in [1.165, 1.54) is 70.6 Å². The van der Waals surface area contributed by atoms with Crippen LogP contribution >= 0.6 is 0 Å². The molecule has 0 aliphatic carbocycles. The van der Waals surface area contributed by atoms with Crippen molar-refractivity contribution in [3.05, 3.63) is 36.5 Å². The number of carboxylic acid groups (broad SMARTS) is 1. The molecule has 1 atom stereocenters. The van der Waals surface area contributed by atoms with Gasteiger partial charge in [0.05, 0.1) is 0 Å². The molecular weight excluding hydrogens is 538 g/mol. The summed E-state index contributed by atoms with van der Waals surface area (Å²) in [5, 5.41) is 11.0. The van der Waals surface area contributed by atoms with Gasteiger partial charge in [-0.25, -0.2) is 0 Å². The summed E-state index contributed by atoms with van der Waals surface area (Å²) in [7, 11) is 0. The molecule has 2 N–H and O–H groups in total. The minimum absolute atomic E-state index is 0.0987. The van der Waals surface area contributed by atoms with Crippen molar-refractivity contribution in [2.75, 3.05) is 6.54 Å². The molecule has 0 bridgehead atoms. The van der Waals surface area contributed by atoms with E-state index in [-0.39, 0.29) is 24.5 Å². The van der Waals surface area contributed by atoms with Gasteiger partial charge in [-0.2, -0.15) is 0 Å². The predicted molar refractivity (Wildman–Crippen MR) is 180 cm³/mol. The summed E-state index contributed by atoms with van der Waals surface area (Å²) >= 11 is 0. The van der Waals surface area contributed by atoms with Crippen LogP contribution in [0.15, 0.2) is 36.5 Å².